The van der Waals surface area contributed by atoms with Crippen molar-refractivity contribution in [2.45, 2.75) is 25.3 Å². The van der Waals surface area contributed by atoms with Gasteiger partial charge in [-0.15, -0.1) is 0 Å². The van der Waals surface area contributed by atoms with Crippen LogP contribution in [0.3, 0.4) is 0 Å². The fraction of sp³-hybridized carbons (Fsp3) is 0.500. The Kier molecular flexibility index (Phi) is 3.58. The Balaban J connectivity index is 2.02. The fourth-order valence-corrected chi connectivity index (χ4v) is 1.72. The number of nitro groups is 1. The van der Waals surface area contributed by atoms with Gasteiger partial charge >= 0.3 is 0 Å². The van der Waals surface area contributed by atoms with Crippen LogP contribution in [0.5, 0.6) is 5.75 Å². The van der Waals surface area contributed by atoms with Crippen LogP contribution in [-0.2, 0) is 6.42 Å². The summed E-state index contributed by atoms with van der Waals surface area (Å²) in [5, 5.41) is 14.1. The van der Waals surface area contributed by atoms with Crippen LogP contribution < -0.4 is 10.1 Å². The van der Waals surface area contributed by atoms with Gasteiger partial charge in [-0.25, -0.2) is 0 Å². The third kappa shape index (κ3) is 3.42. The lowest BCUT2D eigenvalue weighted by Gasteiger charge is -2.06. The van der Waals surface area contributed by atoms with Gasteiger partial charge in [0.1, 0.15) is 5.75 Å². The van der Waals surface area contributed by atoms with Crippen molar-refractivity contribution in [3.8, 4) is 5.75 Å². The SMILES string of the molecule is COc1cc(CCNC2CC2)cc([N+](=O)[O-])c1. The summed E-state index contributed by atoms with van der Waals surface area (Å²) in [5.74, 6) is 0.542. The molecule has 0 bridgehead atoms. The quantitative estimate of drug-likeness (QED) is 0.605. The second kappa shape index (κ2) is 5.14. The van der Waals surface area contributed by atoms with Gasteiger partial charge in [-0.05, 0) is 37.4 Å². The lowest BCUT2D eigenvalue weighted by atomic mass is 10.1. The first-order valence-electron chi connectivity index (χ1n) is 5.75. The van der Waals surface area contributed by atoms with E-state index in [1.807, 2.05) is 6.07 Å². The Morgan fingerprint density at radius 2 is 2.24 bits per heavy atom. The number of nitrogens with one attached hydrogen (secondary N) is 1. The van der Waals surface area contributed by atoms with Gasteiger partial charge in [0.15, 0.2) is 0 Å². The van der Waals surface area contributed by atoms with E-state index in [0.29, 0.717) is 11.8 Å². The van der Waals surface area contributed by atoms with Crippen molar-refractivity contribution in [2.24, 2.45) is 0 Å². The van der Waals surface area contributed by atoms with E-state index in [0.717, 1.165) is 18.5 Å². The summed E-state index contributed by atoms with van der Waals surface area (Å²) in [6.45, 7) is 0.856. The molecule has 0 radical (unpaired) electrons. The Bertz CT molecular complexity index is 416. The number of ether oxygens (including phenoxy) is 1. The molecule has 0 amide bonds. The van der Waals surface area contributed by atoms with Crippen LogP contribution >= 0.6 is 0 Å². The number of non-ortho nitro benzene ring substituents is 1. The van der Waals surface area contributed by atoms with Crippen LogP contribution in [0, 0.1) is 10.1 Å². The summed E-state index contributed by atoms with van der Waals surface area (Å²) in [6, 6.07) is 5.56. The van der Waals surface area contributed by atoms with Gasteiger partial charge in [0.25, 0.3) is 5.69 Å². The molecule has 17 heavy (non-hydrogen) atoms. The number of nitro benzene ring substituents is 1. The van der Waals surface area contributed by atoms with Crippen LogP contribution in [-0.4, -0.2) is 24.6 Å². The molecule has 92 valence electrons. The highest BCUT2D eigenvalue weighted by Gasteiger charge is 2.19. The molecule has 0 aromatic heterocycles. The van der Waals surface area contributed by atoms with Crippen molar-refractivity contribution in [2.75, 3.05) is 13.7 Å². The molecule has 0 spiro atoms. The third-order valence-electron chi connectivity index (χ3n) is 2.82. The predicted octanol–water partition coefficient (Wildman–Crippen LogP) is 1.90. The smallest absolute Gasteiger partial charge is 0.273 e. The van der Waals surface area contributed by atoms with E-state index < -0.39 is 0 Å². The monoisotopic (exact) mass is 236 g/mol. The molecule has 5 nitrogen and oxygen atoms in total. The molecule has 1 N–H and O–H groups in total. The molecular formula is C12H16N2O3. The van der Waals surface area contributed by atoms with Crippen LogP contribution in [0.15, 0.2) is 18.2 Å². The Morgan fingerprint density at radius 3 is 2.82 bits per heavy atom. The second-order valence-corrected chi connectivity index (χ2v) is 4.27. The second-order valence-electron chi connectivity index (χ2n) is 4.27. The Morgan fingerprint density at radius 1 is 1.47 bits per heavy atom. The van der Waals surface area contributed by atoms with E-state index in [2.05, 4.69) is 5.32 Å². The van der Waals surface area contributed by atoms with E-state index in [-0.39, 0.29) is 10.6 Å². The first-order chi connectivity index (χ1) is 8.19. The molecular weight excluding hydrogens is 220 g/mol. The molecule has 0 saturated heterocycles. The summed E-state index contributed by atoms with van der Waals surface area (Å²) in [6.07, 6.45) is 3.28. The molecule has 1 saturated carbocycles. The van der Waals surface area contributed by atoms with Crippen LogP contribution in [0.1, 0.15) is 18.4 Å². The first-order valence-corrected chi connectivity index (χ1v) is 5.75. The predicted molar refractivity (Wildman–Crippen MR) is 64.4 cm³/mol. The number of hydrogen-bond acceptors (Lipinski definition) is 4. The molecule has 5 heteroatoms. The van der Waals surface area contributed by atoms with Gasteiger partial charge in [0.05, 0.1) is 18.1 Å². The molecule has 1 aromatic rings. The highest BCUT2D eigenvalue weighted by Crippen LogP contribution is 2.23. The van der Waals surface area contributed by atoms with Gasteiger partial charge in [0.2, 0.25) is 0 Å². The topological polar surface area (TPSA) is 64.4 Å². The highest BCUT2D eigenvalue weighted by molar-refractivity contribution is 5.42. The lowest BCUT2D eigenvalue weighted by Crippen LogP contribution is -2.19. The lowest BCUT2D eigenvalue weighted by molar-refractivity contribution is -0.385. The molecule has 2 rings (SSSR count). The van der Waals surface area contributed by atoms with E-state index in [4.69, 9.17) is 4.74 Å². The minimum absolute atomic E-state index is 0.0887. The Hall–Kier alpha value is -1.62. The number of methoxy groups -OCH3 is 1. The summed E-state index contributed by atoms with van der Waals surface area (Å²) >= 11 is 0. The minimum Gasteiger partial charge on any atom is -0.496 e. The maximum atomic E-state index is 10.7. The van der Waals surface area contributed by atoms with Gasteiger partial charge in [-0.2, -0.15) is 0 Å². The van der Waals surface area contributed by atoms with Crippen LogP contribution in [0.4, 0.5) is 5.69 Å². The molecule has 1 fully saturated rings. The zero-order chi connectivity index (χ0) is 12.3. The van der Waals surface area contributed by atoms with Crippen LogP contribution in [0.2, 0.25) is 0 Å². The molecule has 0 aliphatic heterocycles. The standard InChI is InChI=1S/C12H16N2O3/c1-17-12-7-9(4-5-13-10-2-3-10)6-11(8-12)14(15)16/h6-8,10,13H,2-5H2,1H3. The summed E-state index contributed by atoms with van der Waals surface area (Å²) in [4.78, 5) is 10.4. The van der Waals surface area contributed by atoms with Gasteiger partial charge < -0.3 is 10.1 Å². The van der Waals surface area contributed by atoms with Gasteiger partial charge in [0, 0.05) is 12.1 Å². The fourth-order valence-electron chi connectivity index (χ4n) is 1.72. The Labute approximate surface area is 99.9 Å². The van der Waals surface area contributed by atoms with E-state index in [1.165, 1.54) is 26.0 Å². The third-order valence-corrected chi connectivity index (χ3v) is 2.82. The van der Waals surface area contributed by atoms with Crippen molar-refractivity contribution >= 4 is 5.69 Å². The molecule has 0 unspecified atom stereocenters. The van der Waals surface area contributed by atoms with Crippen LogP contribution in [0.25, 0.3) is 0 Å². The van der Waals surface area contributed by atoms with E-state index >= 15 is 0 Å². The van der Waals surface area contributed by atoms with Crippen molar-refractivity contribution in [1.29, 1.82) is 0 Å². The largest absolute Gasteiger partial charge is 0.496 e. The molecule has 1 aromatic carbocycles. The zero-order valence-electron chi connectivity index (χ0n) is 9.81. The molecule has 0 heterocycles. The highest BCUT2D eigenvalue weighted by atomic mass is 16.6. The normalized spacial score (nSPS) is 14.6. The molecule has 1 aliphatic carbocycles. The first kappa shape index (κ1) is 11.9. The summed E-state index contributed by atoms with van der Waals surface area (Å²) in [5.41, 5.74) is 1.02. The summed E-state index contributed by atoms with van der Waals surface area (Å²) in [7, 11) is 1.52. The minimum atomic E-state index is -0.389. The molecule has 0 atom stereocenters. The number of nitrogens with zero attached hydrogens (tertiary/aromatic N) is 1. The van der Waals surface area contributed by atoms with E-state index in [1.54, 1.807) is 6.07 Å². The van der Waals surface area contributed by atoms with E-state index in [9.17, 15) is 10.1 Å². The van der Waals surface area contributed by atoms with Gasteiger partial charge in [-0.3, -0.25) is 10.1 Å². The average molecular weight is 236 g/mol. The average Bonchev–Trinajstić information content (AvgIpc) is 3.12. The van der Waals surface area contributed by atoms with Crippen molar-refractivity contribution < 1.29 is 9.66 Å². The van der Waals surface area contributed by atoms with Crippen molar-refractivity contribution in [1.82, 2.24) is 5.32 Å². The number of benzene rings is 1. The maximum absolute atomic E-state index is 10.7. The number of hydrogen-bond donors (Lipinski definition) is 1. The van der Waals surface area contributed by atoms with Crippen molar-refractivity contribution in [3.63, 3.8) is 0 Å². The number of rotatable bonds is 6. The molecule has 1 aliphatic rings. The van der Waals surface area contributed by atoms with Crippen molar-refractivity contribution in [3.05, 3.63) is 33.9 Å². The zero-order valence-corrected chi connectivity index (χ0v) is 9.81. The van der Waals surface area contributed by atoms with Gasteiger partial charge in [-0.1, -0.05) is 0 Å². The summed E-state index contributed by atoms with van der Waals surface area (Å²) < 4.78 is 5.06. The maximum Gasteiger partial charge on any atom is 0.273 e.